The molecule has 0 aromatic carbocycles. The monoisotopic (exact) mass is 562 g/mol. The van der Waals surface area contributed by atoms with E-state index in [0.29, 0.717) is 31.3 Å². The Morgan fingerprint density at radius 2 is 1.88 bits per heavy atom. The van der Waals surface area contributed by atoms with Crippen molar-refractivity contribution < 1.29 is 43.5 Å². The molecule has 2 fully saturated rings. The number of carbonyl (C=O) groups is 3. The van der Waals surface area contributed by atoms with E-state index >= 15 is 0 Å². The molecule has 0 radical (unpaired) electrons. The Morgan fingerprint density at radius 3 is 2.45 bits per heavy atom. The first-order chi connectivity index (χ1) is 18.8. The summed E-state index contributed by atoms with van der Waals surface area (Å²) in [6.07, 6.45) is 0.0646. The first-order valence-corrected chi connectivity index (χ1v) is 14.4. The third kappa shape index (κ3) is 5.65. The smallest absolute Gasteiger partial charge is 0.309 e. The first kappa shape index (κ1) is 32.0. The number of aliphatic hydroxyl groups excluding tert-OH is 2. The topological polar surface area (TPSA) is 129 Å². The van der Waals surface area contributed by atoms with Crippen LogP contribution in [0.15, 0.2) is 36.5 Å². The van der Waals surface area contributed by atoms with Gasteiger partial charge in [-0.1, -0.05) is 59.4 Å². The lowest BCUT2D eigenvalue weighted by Gasteiger charge is -2.62. The van der Waals surface area contributed by atoms with E-state index in [1.54, 1.807) is 19.1 Å². The van der Waals surface area contributed by atoms with E-state index in [1.165, 1.54) is 6.92 Å². The summed E-state index contributed by atoms with van der Waals surface area (Å²) < 4.78 is 23.5. The molecule has 1 saturated carbocycles. The van der Waals surface area contributed by atoms with Crippen LogP contribution in [-0.2, 0) is 33.3 Å². The molecule has 2 N–H and O–H groups in total. The summed E-state index contributed by atoms with van der Waals surface area (Å²) in [5.41, 5.74) is -0.957. The van der Waals surface area contributed by atoms with E-state index in [4.69, 9.17) is 18.9 Å². The summed E-state index contributed by atoms with van der Waals surface area (Å²) >= 11 is 0. The van der Waals surface area contributed by atoms with Gasteiger partial charge in [0.1, 0.15) is 6.10 Å². The van der Waals surface area contributed by atoms with Crippen molar-refractivity contribution in [2.45, 2.75) is 111 Å². The highest BCUT2D eigenvalue weighted by atomic mass is 16.8. The minimum atomic E-state index is -1.45. The summed E-state index contributed by atoms with van der Waals surface area (Å²) in [7, 11) is 0. The minimum absolute atomic E-state index is 0.137. The van der Waals surface area contributed by atoms with E-state index in [1.807, 2.05) is 27.7 Å². The van der Waals surface area contributed by atoms with Crippen LogP contribution in [0.4, 0.5) is 0 Å². The fraction of sp³-hybridized carbons (Fsp3) is 0.710. The van der Waals surface area contributed by atoms with Crippen LogP contribution >= 0.6 is 0 Å². The molecular weight excluding hydrogens is 516 g/mol. The van der Waals surface area contributed by atoms with Crippen LogP contribution in [0, 0.1) is 28.6 Å². The van der Waals surface area contributed by atoms with Crippen molar-refractivity contribution in [2.24, 2.45) is 28.6 Å². The lowest BCUT2D eigenvalue weighted by Crippen LogP contribution is -2.68. The number of hydrogen-bond donors (Lipinski definition) is 2. The van der Waals surface area contributed by atoms with Gasteiger partial charge in [0.05, 0.1) is 23.5 Å². The third-order valence-electron chi connectivity index (χ3n) is 9.48. The van der Waals surface area contributed by atoms with Crippen molar-refractivity contribution in [1.82, 2.24) is 0 Å². The summed E-state index contributed by atoms with van der Waals surface area (Å²) in [5, 5.41) is 23.3. The lowest BCUT2D eigenvalue weighted by molar-refractivity contribution is -0.274. The van der Waals surface area contributed by atoms with Gasteiger partial charge in [-0.3, -0.25) is 19.1 Å². The second kappa shape index (κ2) is 12.6. The maximum atomic E-state index is 12.9. The van der Waals surface area contributed by atoms with Crippen LogP contribution in [-0.4, -0.2) is 59.0 Å². The largest absolute Gasteiger partial charge is 0.458 e. The summed E-state index contributed by atoms with van der Waals surface area (Å²) in [5.74, 6) is -2.76. The molecule has 0 amide bonds. The molecular formula is C31H46O9. The van der Waals surface area contributed by atoms with Gasteiger partial charge in [0.25, 0.3) is 0 Å². The standard InChI is InChI=1S/C31H46O9/c1-9-12-24(33)39-28-22-15-21(38-27(36)18(5)11-3)16-23-30(8,14-13-17(4)10-2)19(6)25(34)26(35)31(22,23)29(40-28)37-20(7)32/h10,15,18-19,21,23,25-26,28-29,34-35H,2,4,9,11-14,16H2,1,3,5-8H3/t18?,19-,21+,23+,25+,26+,28+,29-,30-,31?/m0/s1. The molecule has 9 heteroatoms. The molecule has 0 aromatic heterocycles. The van der Waals surface area contributed by atoms with Crippen molar-refractivity contribution in [1.29, 1.82) is 0 Å². The summed E-state index contributed by atoms with van der Waals surface area (Å²) in [6.45, 7) is 18.5. The highest BCUT2D eigenvalue weighted by molar-refractivity contribution is 5.72. The Hall–Kier alpha value is -2.49. The van der Waals surface area contributed by atoms with Crippen molar-refractivity contribution in [3.8, 4) is 0 Å². The maximum Gasteiger partial charge on any atom is 0.309 e. The average molecular weight is 563 g/mol. The first-order valence-electron chi connectivity index (χ1n) is 14.4. The molecule has 10 atom stereocenters. The molecule has 9 nitrogen and oxygen atoms in total. The quantitative estimate of drug-likeness (QED) is 0.163. The van der Waals surface area contributed by atoms with Crippen molar-refractivity contribution in [2.75, 3.05) is 0 Å². The number of aliphatic hydroxyl groups is 2. The zero-order valence-electron chi connectivity index (χ0n) is 24.7. The highest BCUT2D eigenvalue weighted by Crippen LogP contribution is 2.67. The molecule has 3 rings (SSSR count). The second-order valence-corrected chi connectivity index (χ2v) is 11.9. The van der Waals surface area contributed by atoms with Crippen molar-refractivity contribution in [3.63, 3.8) is 0 Å². The molecule has 224 valence electrons. The number of rotatable bonds is 11. The zero-order valence-corrected chi connectivity index (χ0v) is 24.7. The predicted octanol–water partition coefficient (Wildman–Crippen LogP) is 4.37. The van der Waals surface area contributed by atoms with Gasteiger partial charge in [0.15, 0.2) is 0 Å². The van der Waals surface area contributed by atoms with Gasteiger partial charge in [0, 0.05) is 18.9 Å². The fourth-order valence-electron chi connectivity index (χ4n) is 6.71. The van der Waals surface area contributed by atoms with Crippen LogP contribution < -0.4 is 0 Å². The number of allylic oxidation sites excluding steroid dienone is 2. The molecule has 3 aliphatic rings. The summed E-state index contributed by atoms with van der Waals surface area (Å²) in [4.78, 5) is 37.8. The number of ether oxygens (including phenoxy) is 4. The Kier molecular flexibility index (Phi) is 10.1. The van der Waals surface area contributed by atoms with Crippen molar-refractivity contribution >= 4 is 17.9 Å². The number of esters is 3. The van der Waals surface area contributed by atoms with Gasteiger partial charge in [-0.15, -0.1) is 0 Å². The van der Waals surface area contributed by atoms with Gasteiger partial charge in [-0.2, -0.15) is 0 Å². The van der Waals surface area contributed by atoms with E-state index < -0.39 is 65.5 Å². The van der Waals surface area contributed by atoms with E-state index in [2.05, 4.69) is 13.2 Å². The van der Waals surface area contributed by atoms with Crippen molar-refractivity contribution in [3.05, 3.63) is 36.5 Å². The van der Waals surface area contributed by atoms with Gasteiger partial charge >= 0.3 is 17.9 Å². The Bertz CT molecular complexity index is 1030. The fourth-order valence-corrected chi connectivity index (χ4v) is 6.71. The van der Waals surface area contributed by atoms with Crippen LogP contribution in [0.25, 0.3) is 0 Å². The SMILES string of the molecule is C=CC(=C)CC[C@@]1(C)[C@@H](C)[C@@H](O)[C@@H](O)C23C(=C[C@@H](OC(=O)C(C)CC)C[C@@H]21)[C@H](OC(=O)CCC)O[C@@H]3OC(C)=O. The predicted molar refractivity (Wildman–Crippen MR) is 147 cm³/mol. The normalized spacial score (nSPS) is 37.3. The van der Waals surface area contributed by atoms with E-state index in [0.717, 1.165) is 5.57 Å². The third-order valence-corrected chi connectivity index (χ3v) is 9.48. The van der Waals surface area contributed by atoms with E-state index in [-0.39, 0.29) is 24.7 Å². The van der Waals surface area contributed by atoms with Crippen LogP contribution in [0.1, 0.15) is 80.1 Å². The van der Waals surface area contributed by atoms with Crippen LogP contribution in [0.2, 0.25) is 0 Å². The number of carbonyl (C=O) groups excluding carboxylic acids is 3. The van der Waals surface area contributed by atoms with Crippen LogP contribution in [0.3, 0.4) is 0 Å². The molecule has 1 saturated heterocycles. The molecule has 1 spiro atoms. The zero-order chi connectivity index (χ0) is 30.0. The maximum absolute atomic E-state index is 12.9. The molecule has 1 aliphatic heterocycles. The lowest BCUT2D eigenvalue weighted by atomic mass is 9.44. The molecule has 1 heterocycles. The molecule has 0 bridgehead atoms. The van der Waals surface area contributed by atoms with Gasteiger partial charge in [-0.25, -0.2) is 0 Å². The van der Waals surface area contributed by atoms with Gasteiger partial charge < -0.3 is 24.4 Å². The van der Waals surface area contributed by atoms with E-state index in [9.17, 15) is 24.6 Å². The Morgan fingerprint density at radius 1 is 1.20 bits per heavy atom. The molecule has 0 aromatic rings. The average Bonchev–Trinajstić information content (AvgIpc) is 3.20. The Labute approximate surface area is 237 Å². The Balaban J connectivity index is 2.23. The van der Waals surface area contributed by atoms with Gasteiger partial charge in [-0.05, 0) is 55.4 Å². The molecule has 2 aliphatic carbocycles. The highest BCUT2D eigenvalue weighted by Gasteiger charge is 2.73. The van der Waals surface area contributed by atoms with Gasteiger partial charge in [0.2, 0.25) is 12.6 Å². The second-order valence-electron chi connectivity index (χ2n) is 11.9. The van der Waals surface area contributed by atoms with Crippen LogP contribution in [0.5, 0.6) is 0 Å². The minimum Gasteiger partial charge on any atom is -0.458 e. The molecule has 2 unspecified atom stereocenters. The molecule has 40 heavy (non-hydrogen) atoms. The summed E-state index contributed by atoms with van der Waals surface area (Å²) in [6, 6.07) is 0. The number of hydrogen-bond acceptors (Lipinski definition) is 9.